The molecule has 35 heavy (non-hydrogen) atoms. The zero-order valence-electron chi connectivity index (χ0n) is 24.1. The number of ether oxygens (including phenoxy) is 1. The monoisotopic (exact) mass is 497 g/mol. The lowest BCUT2D eigenvalue weighted by atomic mass is 10.0. The number of carbonyl (C=O) groups excluding carboxylic acids is 2. The van der Waals surface area contributed by atoms with Gasteiger partial charge >= 0.3 is 5.97 Å². The van der Waals surface area contributed by atoms with E-state index in [1.165, 1.54) is 116 Å². The number of quaternary nitrogens is 1. The molecule has 0 aromatic rings. The SMILES string of the molecule is CCCCCCCCCCCCCCCCCCCCCC(=O)NCCC[N+](C)(C)CC(=O)OC. The molecule has 5 nitrogen and oxygen atoms in total. The highest BCUT2D eigenvalue weighted by molar-refractivity contribution is 5.75. The Bertz CT molecular complexity index is 494. The number of hydrogen-bond donors (Lipinski definition) is 1. The van der Waals surface area contributed by atoms with Gasteiger partial charge in [0.05, 0.1) is 27.7 Å². The van der Waals surface area contributed by atoms with Crippen LogP contribution in [0.1, 0.15) is 142 Å². The maximum atomic E-state index is 12.0. The molecule has 0 aliphatic heterocycles. The number of unbranched alkanes of at least 4 members (excludes halogenated alkanes) is 18. The van der Waals surface area contributed by atoms with E-state index in [0.29, 0.717) is 24.0 Å². The van der Waals surface area contributed by atoms with Gasteiger partial charge in [0.15, 0.2) is 6.54 Å². The fraction of sp³-hybridized carbons (Fsp3) is 0.933. The molecule has 5 heteroatoms. The van der Waals surface area contributed by atoms with Gasteiger partial charge in [-0.3, -0.25) is 4.79 Å². The molecular formula is C30H61N2O3+. The number of likely N-dealkylation sites (N-methyl/N-ethyl adjacent to an activating group) is 1. The van der Waals surface area contributed by atoms with Gasteiger partial charge in [0.25, 0.3) is 0 Å². The Hall–Kier alpha value is -1.10. The lowest BCUT2D eigenvalue weighted by Gasteiger charge is -2.28. The average Bonchev–Trinajstić information content (AvgIpc) is 2.83. The van der Waals surface area contributed by atoms with Crippen LogP contribution in [0, 0.1) is 0 Å². The molecule has 0 spiro atoms. The van der Waals surface area contributed by atoms with Crippen molar-refractivity contribution in [1.82, 2.24) is 5.32 Å². The Labute approximate surface area is 218 Å². The zero-order chi connectivity index (χ0) is 26.0. The number of hydrogen-bond acceptors (Lipinski definition) is 3. The number of nitrogens with zero attached hydrogens (tertiary/aromatic N) is 1. The summed E-state index contributed by atoms with van der Waals surface area (Å²) in [4.78, 5) is 23.4. The van der Waals surface area contributed by atoms with E-state index in [2.05, 4.69) is 12.2 Å². The Morgan fingerprint density at radius 2 is 1.03 bits per heavy atom. The van der Waals surface area contributed by atoms with Crippen LogP contribution in [0.5, 0.6) is 0 Å². The number of carbonyl (C=O) groups is 2. The topological polar surface area (TPSA) is 55.4 Å². The van der Waals surface area contributed by atoms with Gasteiger partial charge in [-0.2, -0.15) is 0 Å². The summed E-state index contributed by atoms with van der Waals surface area (Å²) in [5.74, 6) is -0.0290. The number of amides is 1. The number of rotatable bonds is 26. The third kappa shape index (κ3) is 25.8. The number of esters is 1. The van der Waals surface area contributed by atoms with Crippen molar-refractivity contribution in [2.24, 2.45) is 0 Å². The van der Waals surface area contributed by atoms with E-state index in [1.807, 2.05) is 14.1 Å². The first kappa shape index (κ1) is 33.9. The first-order valence-electron chi connectivity index (χ1n) is 15.1. The fourth-order valence-electron chi connectivity index (χ4n) is 4.68. The van der Waals surface area contributed by atoms with Crippen molar-refractivity contribution < 1.29 is 18.8 Å². The quantitative estimate of drug-likeness (QED) is 0.0762. The van der Waals surface area contributed by atoms with E-state index in [-0.39, 0.29) is 11.9 Å². The van der Waals surface area contributed by atoms with Crippen molar-refractivity contribution in [1.29, 1.82) is 0 Å². The molecule has 1 amide bonds. The zero-order valence-corrected chi connectivity index (χ0v) is 24.1. The molecule has 1 N–H and O–H groups in total. The summed E-state index contributed by atoms with van der Waals surface area (Å²) in [6.07, 6.45) is 27.5. The highest BCUT2D eigenvalue weighted by atomic mass is 16.5. The van der Waals surface area contributed by atoms with Gasteiger partial charge in [-0.05, 0) is 6.42 Å². The van der Waals surface area contributed by atoms with Gasteiger partial charge < -0.3 is 14.5 Å². The third-order valence-electron chi connectivity index (χ3n) is 7.05. The molecule has 0 rings (SSSR count). The summed E-state index contributed by atoms with van der Waals surface area (Å²) in [6.45, 7) is 4.17. The van der Waals surface area contributed by atoms with Crippen molar-refractivity contribution in [3.05, 3.63) is 0 Å². The van der Waals surface area contributed by atoms with Gasteiger partial charge in [0, 0.05) is 19.4 Å². The van der Waals surface area contributed by atoms with Crippen molar-refractivity contribution >= 4 is 11.9 Å². The van der Waals surface area contributed by atoms with Gasteiger partial charge in [-0.15, -0.1) is 0 Å². The molecule has 0 aromatic carbocycles. The van der Waals surface area contributed by atoms with Crippen LogP contribution in [0.25, 0.3) is 0 Å². The van der Waals surface area contributed by atoms with Crippen LogP contribution < -0.4 is 5.32 Å². The Morgan fingerprint density at radius 3 is 1.43 bits per heavy atom. The maximum Gasteiger partial charge on any atom is 0.361 e. The summed E-state index contributed by atoms with van der Waals surface area (Å²) in [5.41, 5.74) is 0. The third-order valence-corrected chi connectivity index (χ3v) is 7.05. The van der Waals surface area contributed by atoms with Crippen molar-refractivity contribution in [2.75, 3.05) is 40.8 Å². The molecule has 0 saturated heterocycles. The summed E-state index contributed by atoms with van der Waals surface area (Å²) in [7, 11) is 5.44. The van der Waals surface area contributed by atoms with Gasteiger partial charge in [0.2, 0.25) is 5.91 Å². The second-order valence-electron chi connectivity index (χ2n) is 11.2. The fourth-order valence-corrected chi connectivity index (χ4v) is 4.68. The second-order valence-corrected chi connectivity index (χ2v) is 11.2. The molecular weight excluding hydrogens is 436 g/mol. The minimum Gasteiger partial charge on any atom is -0.465 e. The highest BCUT2D eigenvalue weighted by Crippen LogP contribution is 2.14. The van der Waals surface area contributed by atoms with Crippen LogP contribution in [-0.4, -0.2) is 57.2 Å². The van der Waals surface area contributed by atoms with E-state index in [4.69, 9.17) is 4.74 Å². The summed E-state index contributed by atoms with van der Waals surface area (Å²) >= 11 is 0. The van der Waals surface area contributed by atoms with Crippen LogP contribution in [0.2, 0.25) is 0 Å². The molecule has 0 aliphatic rings. The number of nitrogens with one attached hydrogen (secondary N) is 1. The highest BCUT2D eigenvalue weighted by Gasteiger charge is 2.19. The molecule has 0 aromatic heterocycles. The molecule has 0 radical (unpaired) electrons. The van der Waals surface area contributed by atoms with Gasteiger partial charge in [0.1, 0.15) is 0 Å². The minimum atomic E-state index is -0.191. The van der Waals surface area contributed by atoms with Crippen molar-refractivity contribution in [3.8, 4) is 0 Å². The molecule has 0 unspecified atom stereocenters. The molecule has 0 heterocycles. The van der Waals surface area contributed by atoms with Crippen LogP contribution in [0.4, 0.5) is 0 Å². The first-order valence-corrected chi connectivity index (χ1v) is 15.1. The molecule has 0 atom stereocenters. The lowest BCUT2D eigenvalue weighted by molar-refractivity contribution is -0.883. The smallest absolute Gasteiger partial charge is 0.361 e. The van der Waals surface area contributed by atoms with E-state index in [9.17, 15) is 9.59 Å². The molecule has 0 aliphatic carbocycles. The molecule has 0 bridgehead atoms. The molecule has 208 valence electrons. The van der Waals surface area contributed by atoms with Gasteiger partial charge in [-0.25, -0.2) is 4.79 Å². The summed E-state index contributed by atoms with van der Waals surface area (Å²) in [6, 6.07) is 0. The second kappa shape index (κ2) is 24.6. The Morgan fingerprint density at radius 1 is 0.629 bits per heavy atom. The predicted octanol–water partition coefficient (Wildman–Crippen LogP) is 7.56. The Balaban J connectivity index is 3.29. The Kier molecular flexibility index (Phi) is 23.8. The number of methoxy groups -OCH3 is 1. The first-order chi connectivity index (χ1) is 16.9. The molecule has 0 fully saturated rings. The van der Waals surface area contributed by atoms with E-state index >= 15 is 0 Å². The predicted molar refractivity (Wildman–Crippen MR) is 149 cm³/mol. The maximum absolute atomic E-state index is 12.0. The van der Waals surface area contributed by atoms with Gasteiger partial charge in [-0.1, -0.05) is 122 Å². The molecule has 0 saturated carbocycles. The van der Waals surface area contributed by atoms with Crippen LogP contribution in [-0.2, 0) is 14.3 Å². The minimum absolute atomic E-state index is 0.162. The van der Waals surface area contributed by atoms with Crippen LogP contribution >= 0.6 is 0 Å². The average molecular weight is 498 g/mol. The van der Waals surface area contributed by atoms with Crippen LogP contribution in [0.3, 0.4) is 0 Å². The largest absolute Gasteiger partial charge is 0.465 e. The van der Waals surface area contributed by atoms with E-state index < -0.39 is 0 Å². The summed E-state index contributed by atoms with van der Waals surface area (Å²) < 4.78 is 5.32. The van der Waals surface area contributed by atoms with E-state index in [0.717, 1.165) is 25.8 Å². The summed E-state index contributed by atoms with van der Waals surface area (Å²) in [5, 5.41) is 3.02. The normalized spacial score (nSPS) is 11.5. The van der Waals surface area contributed by atoms with Crippen molar-refractivity contribution in [3.63, 3.8) is 0 Å². The lowest BCUT2D eigenvalue weighted by Crippen LogP contribution is -2.45. The standard InChI is InChI=1S/C30H60N2O3/c1-5-6-7-8-9-10-11-12-13-14-15-16-17-18-19-20-21-22-23-25-29(33)31-26-24-27-32(2,3)28-30(34)35-4/h5-28H2,1-4H3/p+1. The van der Waals surface area contributed by atoms with Crippen molar-refractivity contribution in [2.45, 2.75) is 142 Å². The van der Waals surface area contributed by atoms with E-state index in [1.54, 1.807) is 0 Å². The van der Waals surface area contributed by atoms with Crippen LogP contribution in [0.15, 0.2) is 0 Å².